The number of amides is 1. The second kappa shape index (κ2) is 9.12. The lowest BCUT2D eigenvalue weighted by atomic mass is 9.85. The van der Waals surface area contributed by atoms with Crippen molar-refractivity contribution in [1.29, 1.82) is 0 Å². The Kier molecular flexibility index (Phi) is 5.84. The van der Waals surface area contributed by atoms with E-state index in [1.807, 2.05) is 50.2 Å². The predicted octanol–water partition coefficient (Wildman–Crippen LogP) is 4.21. The number of aliphatic hydroxyl groups is 1. The van der Waals surface area contributed by atoms with Crippen LogP contribution in [-0.2, 0) is 10.4 Å². The number of aryl methyl sites for hydroxylation is 1. The van der Waals surface area contributed by atoms with Gasteiger partial charge in [0.15, 0.2) is 17.1 Å². The van der Waals surface area contributed by atoms with Crippen molar-refractivity contribution in [3.05, 3.63) is 113 Å². The molecule has 35 heavy (non-hydrogen) atoms. The molecule has 0 aliphatic carbocycles. The maximum Gasteiger partial charge on any atom is 0.281 e. The third-order valence-corrected chi connectivity index (χ3v) is 6.17. The molecule has 1 aliphatic rings. The van der Waals surface area contributed by atoms with E-state index in [0.717, 1.165) is 28.4 Å². The topological polar surface area (TPSA) is 85.1 Å². The molecule has 1 aliphatic heterocycles. The molecule has 176 valence electrons. The SMILES string of the molecule is Cc1cc(C=NNC(=O)C(O)(c2ccccc2)c2ccccc2)c(C)n1-c1ccc2c(c1)OCO2. The minimum absolute atomic E-state index is 0.221. The van der Waals surface area contributed by atoms with Crippen LogP contribution in [0, 0.1) is 13.8 Å². The molecule has 7 nitrogen and oxygen atoms in total. The first-order chi connectivity index (χ1) is 17.0. The number of aromatic nitrogens is 1. The van der Waals surface area contributed by atoms with Crippen molar-refractivity contribution in [2.75, 3.05) is 6.79 Å². The summed E-state index contributed by atoms with van der Waals surface area (Å²) in [5.74, 6) is 0.791. The second-order valence-electron chi connectivity index (χ2n) is 8.34. The zero-order valence-corrected chi connectivity index (χ0v) is 19.4. The monoisotopic (exact) mass is 467 g/mol. The van der Waals surface area contributed by atoms with Crippen LogP contribution >= 0.6 is 0 Å². The van der Waals surface area contributed by atoms with Crippen molar-refractivity contribution in [1.82, 2.24) is 9.99 Å². The summed E-state index contributed by atoms with van der Waals surface area (Å²) in [4.78, 5) is 13.2. The number of nitrogens with one attached hydrogen (secondary N) is 1. The van der Waals surface area contributed by atoms with E-state index in [1.54, 1.807) is 54.7 Å². The van der Waals surface area contributed by atoms with Gasteiger partial charge in [0.2, 0.25) is 6.79 Å². The van der Waals surface area contributed by atoms with Crippen LogP contribution in [0.5, 0.6) is 11.5 Å². The highest BCUT2D eigenvalue weighted by Crippen LogP contribution is 2.35. The van der Waals surface area contributed by atoms with Crippen LogP contribution < -0.4 is 14.9 Å². The molecule has 2 N–H and O–H groups in total. The van der Waals surface area contributed by atoms with Gasteiger partial charge in [0.25, 0.3) is 5.91 Å². The number of hydrazone groups is 1. The Labute approximate surface area is 203 Å². The lowest BCUT2D eigenvalue weighted by Crippen LogP contribution is -2.43. The molecule has 1 amide bonds. The Morgan fingerprint density at radius 2 is 1.57 bits per heavy atom. The van der Waals surface area contributed by atoms with E-state index >= 15 is 0 Å². The summed E-state index contributed by atoms with van der Waals surface area (Å²) in [6.07, 6.45) is 1.58. The fraction of sp³-hybridized carbons (Fsp3) is 0.143. The average Bonchev–Trinajstić information content (AvgIpc) is 3.47. The van der Waals surface area contributed by atoms with E-state index in [2.05, 4.69) is 15.1 Å². The number of hydrogen-bond acceptors (Lipinski definition) is 5. The van der Waals surface area contributed by atoms with Crippen LogP contribution in [0.4, 0.5) is 0 Å². The molecule has 0 saturated carbocycles. The Morgan fingerprint density at radius 1 is 0.943 bits per heavy atom. The minimum atomic E-state index is -1.89. The summed E-state index contributed by atoms with van der Waals surface area (Å²) in [7, 11) is 0. The summed E-state index contributed by atoms with van der Waals surface area (Å²) >= 11 is 0. The van der Waals surface area contributed by atoms with Gasteiger partial charge in [-0.2, -0.15) is 5.10 Å². The van der Waals surface area contributed by atoms with Gasteiger partial charge in [0.05, 0.1) is 6.21 Å². The fourth-order valence-electron chi connectivity index (χ4n) is 4.37. The van der Waals surface area contributed by atoms with Crippen molar-refractivity contribution in [3.8, 4) is 17.2 Å². The maximum absolute atomic E-state index is 13.2. The molecule has 0 spiro atoms. The van der Waals surface area contributed by atoms with Gasteiger partial charge >= 0.3 is 0 Å². The number of carbonyl (C=O) groups excluding carboxylic acids is 1. The average molecular weight is 468 g/mol. The Balaban J connectivity index is 1.41. The third-order valence-electron chi connectivity index (χ3n) is 6.17. The van der Waals surface area contributed by atoms with Gasteiger partial charge in [-0.3, -0.25) is 4.79 Å². The van der Waals surface area contributed by atoms with Crippen LogP contribution in [0.25, 0.3) is 5.69 Å². The molecule has 5 rings (SSSR count). The van der Waals surface area contributed by atoms with Crippen LogP contribution in [0.3, 0.4) is 0 Å². The normalized spacial score (nSPS) is 12.8. The molecule has 0 saturated heterocycles. The smallest absolute Gasteiger partial charge is 0.281 e. The number of rotatable bonds is 6. The molecule has 0 unspecified atom stereocenters. The molecular formula is C28H25N3O4. The van der Waals surface area contributed by atoms with Gasteiger partial charge in [-0.05, 0) is 43.2 Å². The van der Waals surface area contributed by atoms with E-state index in [-0.39, 0.29) is 6.79 Å². The van der Waals surface area contributed by atoms with Gasteiger partial charge < -0.3 is 19.1 Å². The molecule has 2 heterocycles. The molecule has 0 radical (unpaired) electrons. The molecule has 0 bridgehead atoms. The molecule has 0 fully saturated rings. The van der Waals surface area contributed by atoms with Gasteiger partial charge in [-0.1, -0.05) is 60.7 Å². The summed E-state index contributed by atoms with van der Waals surface area (Å²) in [5, 5.41) is 15.7. The minimum Gasteiger partial charge on any atom is -0.454 e. The van der Waals surface area contributed by atoms with Crippen molar-refractivity contribution in [3.63, 3.8) is 0 Å². The first kappa shape index (κ1) is 22.4. The number of benzene rings is 3. The molecule has 7 heteroatoms. The standard InChI is InChI=1S/C28H25N3O4/c1-19-15-21(20(2)31(19)24-13-14-25-26(16-24)35-18-34-25)17-29-30-27(32)28(33,22-9-5-3-6-10-22)23-11-7-4-8-12-23/h3-17,33H,18H2,1-2H3,(H,30,32). The molecule has 0 atom stereocenters. The summed E-state index contributed by atoms with van der Waals surface area (Å²) in [6, 6.07) is 25.4. The van der Waals surface area contributed by atoms with Gasteiger partial charge in [-0.25, -0.2) is 5.43 Å². The highest BCUT2D eigenvalue weighted by Gasteiger charge is 2.39. The van der Waals surface area contributed by atoms with Crippen LogP contribution in [0.2, 0.25) is 0 Å². The number of ether oxygens (including phenoxy) is 2. The summed E-state index contributed by atoms with van der Waals surface area (Å²) in [6.45, 7) is 4.19. The van der Waals surface area contributed by atoms with E-state index in [4.69, 9.17) is 9.47 Å². The van der Waals surface area contributed by atoms with E-state index in [9.17, 15) is 9.90 Å². The largest absolute Gasteiger partial charge is 0.454 e. The van der Waals surface area contributed by atoms with Crippen molar-refractivity contribution >= 4 is 12.1 Å². The number of carbonyl (C=O) groups is 1. The number of nitrogens with zero attached hydrogens (tertiary/aromatic N) is 2. The number of hydrogen-bond donors (Lipinski definition) is 2. The van der Waals surface area contributed by atoms with Gasteiger partial charge in [0, 0.05) is 28.7 Å². The molecule has 4 aromatic rings. The predicted molar refractivity (Wildman–Crippen MR) is 133 cm³/mol. The Hall–Kier alpha value is -4.36. The molecule has 3 aromatic carbocycles. The highest BCUT2D eigenvalue weighted by atomic mass is 16.7. The highest BCUT2D eigenvalue weighted by molar-refractivity contribution is 5.91. The van der Waals surface area contributed by atoms with Gasteiger partial charge in [0.1, 0.15) is 0 Å². The lowest BCUT2D eigenvalue weighted by Gasteiger charge is -2.27. The van der Waals surface area contributed by atoms with Gasteiger partial charge in [-0.15, -0.1) is 0 Å². The first-order valence-corrected chi connectivity index (χ1v) is 11.2. The van der Waals surface area contributed by atoms with Crippen molar-refractivity contribution < 1.29 is 19.4 Å². The van der Waals surface area contributed by atoms with E-state index in [0.29, 0.717) is 16.9 Å². The maximum atomic E-state index is 13.2. The molecular weight excluding hydrogens is 442 g/mol. The summed E-state index contributed by atoms with van der Waals surface area (Å²) < 4.78 is 13.0. The number of fused-ring (bicyclic) bond motifs is 1. The third kappa shape index (κ3) is 4.06. The van der Waals surface area contributed by atoms with Crippen LogP contribution in [0.15, 0.2) is 90.0 Å². The summed E-state index contributed by atoms with van der Waals surface area (Å²) in [5.41, 5.74) is 5.29. The van der Waals surface area contributed by atoms with Crippen LogP contribution in [0.1, 0.15) is 28.1 Å². The fourth-order valence-corrected chi connectivity index (χ4v) is 4.37. The zero-order valence-electron chi connectivity index (χ0n) is 19.4. The van der Waals surface area contributed by atoms with Crippen molar-refractivity contribution in [2.45, 2.75) is 19.4 Å². The Bertz CT molecular complexity index is 1360. The van der Waals surface area contributed by atoms with Crippen LogP contribution in [-0.4, -0.2) is 28.6 Å². The second-order valence-corrected chi connectivity index (χ2v) is 8.34. The molecule has 1 aromatic heterocycles. The van der Waals surface area contributed by atoms with E-state index < -0.39 is 11.5 Å². The first-order valence-electron chi connectivity index (χ1n) is 11.2. The Morgan fingerprint density at radius 3 is 2.23 bits per heavy atom. The van der Waals surface area contributed by atoms with E-state index in [1.165, 1.54) is 0 Å². The van der Waals surface area contributed by atoms with Crippen molar-refractivity contribution in [2.24, 2.45) is 5.10 Å². The zero-order chi connectivity index (χ0) is 24.4. The quantitative estimate of drug-likeness (QED) is 0.329. The lowest BCUT2D eigenvalue weighted by molar-refractivity contribution is -0.136.